The summed E-state index contributed by atoms with van der Waals surface area (Å²) in [6.45, 7) is 3.56. The van der Waals surface area contributed by atoms with E-state index in [1.54, 1.807) is 13.0 Å². The van der Waals surface area contributed by atoms with Gasteiger partial charge in [0.25, 0.3) is 0 Å². The summed E-state index contributed by atoms with van der Waals surface area (Å²) in [6.07, 6.45) is -4.32. The number of aromatic amines is 1. The maximum absolute atomic E-state index is 12.7. The number of aliphatic hydroxyl groups excluding tert-OH is 3. The summed E-state index contributed by atoms with van der Waals surface area (Å²) in [4.78, 5) is 12.7. The first-order valence-electron chi connectivity index (χ1n) is 11.7. The van der Waals surface area contributed by atoms with Gasteiger partial charge in [0, 0.05) is 41.7 Å². The van der Waals surface area contributed by atoms with Crippen LogP contribution in [0, 0.1) is 0 Å². The number of benzene rings is 2. The summed E-state index contributed by atoms with van der Waals surface area (Å²) in [7, 11) is 1.94. The molecule has 0 amide bonds. The molecule has 0 spiro atoms. The molecule has 0 aliphatic carbocycles. The number of fused-ring (bicyclic) bond motifs is 6. The van der Waals surface area contributed by atoms with Crippen molar-refractivity contribution < 1.29 is 29.9 Å². The van der Waals surface area contributed by atoms with Gasteiger partial charge in [0.15, 0.2) is 5.82 Å². The van der Waals surface area contributed by atoms with Crippen LogP contribution < -0.4 is 10.4 Å². The van der Waals surface area contributed by atoms with E-state index in [-0.39, 0.29) is 23.2 Å². The molecule has 0 saturated carbocycles. The monoisotopic (exact) mass is 494 g/mol. The van der Waals surface area contributed by atoms with Crippen LogP contribution in [0.2, 0.25) is 0 Å². The van der Waals surface area contributed by atoms with Gasteiger partial charge in [0.1, 0.15) is 29.8 Å². The summed E-state index contributed by atoms with van der Waals surface area (Å²) >= 11 is 0. The summed E-state index contributed by atoms with van der Waals surface area (Å²) in [5, 5.41) is 49.4. The maximum Gasteiger partial charge on any atom is 0.348 e. The summed E-state index contributed by atoms with van der Waals surface area (Å²) in [5.74, 6) is 0.0124. The van der Waals surface area contributed by atoms with Crippen LogP contribution in [0.3, 0.4) is 0 Å². The standard InChI is InChI=1S/C25H26N4O7/c1-10-13-7-15(18(30)8-19(13)36-24-22(33)21(32)20(31)11(2)35-24)23-26-27-25(34)29(23)12-4-5-17-14(6-12)16(10)9-28(17)3/h4-11,20-22,24,30-33H,1-3H3,(H,27,34)/t10?,11-,20+,21+,22-,24-/m0/s1. The Labute approximate surface area is 204 Å². The molecule has 0 radical (unpaired) electrons. The van der Waals surface area contributed by atoms with Crippen LogP contribution in [0.15, 0.2) is 41.3 Å². The van der Waals surface area contributed by atoms with Crippen molar-refractivity contribution in [1.29, 1.82) is 0 Å². The van der Waals surface area contributed by atoms with Crippen molar-refractivity contribution in [3.8, 4) is 28.6 Å². The Balaban J connectivity index is 1.57. The molecule has 2 aromatic carbocycles. The van der Waals surface area contributed by atoms with Crippen molar-refractivity contribution in [2.45, 2.75) is 50.5 Å². The van der Waals surface area contributed by atoms with Crippen LogP contribution in [0.4, 0.5) is 0 Å². The van der Waals surface area contributed by atoms with E-state index < -0.39 is 36.4 Å². The first-order chi connectivity index (χ1) is 17.2. The average Bonchev–Trinajstić information content (AvgIpc) is 3.39. The van der Waals surface area contributed by atoms with Gasteiger partial charge >= 0.3 is 5.69 Å². The zero-order valence-electron chi connectivity index (χ0n) is 19.8. The van der Waals surface area contributed by atoms with E-state index in [4.69, 9.17) is 9.47 Å². The highest BCUT2D eigenvalue weighted by Crippen LogP contribution is 2.44. The minimum atomic E-state index is -1.52. The van der Waals surface area contributed by atoms with E-state index in [0.717, 1.165) is 16.5 Å². The number of hydrogen-bond acceptors (Lipinski definition) is 8. The predicted molar refractivity (Wildman–Crippen MR) is 128 cm³/mol. The molecule has 188 valence electrons. The number of ether oxygens (including phenoxy) is 2. The fourth-order valence-corrected chi connectivity index (χ4v) is 5.22. The first-order valence-corrected chi connectivity index (χ1v) is 11.7. The fourth-order valence-electron chi connectivity index (χ4n) is 5.22. The van der Waals surface area contributed by atoms with Crippen LogP contribution in [0.5, 0.6) is 11.5 Å². The maximum atomic E-state index is 12.7. The van der Waals surface area contributed by atoms with Crippen molar-refractivity contribution in [2.24, 2.45) is 7.05 Å². The van der Waals surface area contributed by atoms with E-state index in [9.17, 15) is 25.2 Å². The number of hydrogen-bond donors (Lipinski definition) is 5. The third kappa shape index (κ3) is 3.21. The number of nitrogens with one attached hydrogen (secondary N) is 1. The molecule has 4 aromatic rings. The van der Waals surface area contributed by atoms with Crippen molar-refractivity contribution in [2.75, 3.05) is 0 Å². The van der Waals surface area contributed by atoms with Gasteiger partial charge in [-0.3, -0.25) is 0 Å². The topological polar surface area (TPSA) is 155 Å². The van der Waals surface area contributed by atoms with Crippen molar-refractivity contribution in [3.05, 3.63) is 58.1 Å². The highest BCUT2D eigenvalue weighted by atomic mass is 16.7. The fraction of sp³-hybridized carbons (Fsp3) is 0.360. The molecule has 2 aliphatic rings. The normalized spacial score (nSPS) is 27.3. The molecular weight excluding hydrogens is 468 g/mol. The number of rotatable bonds is 2. The van der Waals surface area contributed by atoms with Crippen LogP contribution in [-0.4, -0.2) is 70.5 Å². The Morgan fingerprint density at radius 1 is 1.06 bits per heavy atom. The minimum absolute atomic E-state index is 0.199. The lowest BCUT2D eigenvalue weighted by molar-refractivity contribution is -0.268. The van der Waals surface area contributed by atoms with Crippen molar-refractivity contribution in [3.63, 3.8) is 0 Å². The molecule has 11 nitrogen and oxygen atoms in total. The van der Waals surface area contributed by atoms with Gasteiger partial charge in [0.05, 0.1) is 17.4 Å². The van der Waals surface area contributed by atoms with Gasteiger partial charge in [-0.05, 0) is 36.8 Å². The van der Waals surface area contributed by atoms with Crippen molar-refractivity contribution >= 4 is 10.9 Å². The van der Waals surface area contributed by atoms with Crippen LogP contribution in [0.1, 0.15) is 30.9 Å². The molecule has 6 rings (SSSR count). The lowest BCUT2D eigenvalue weighted by atomic mass is 9.89. The molecular formula is C25H26N4O7. The summed E-state index contributed by atoms with van der Waals surface area (Å²) < 4.78 is 15.1. The van der Waals surface area contributed by atoms with Crippen LogP contribution in [0.25, 0.3) is 28.0 Å². The third-order valence-electron chi connectivity index (χ3n) is 7.29. The number of H-pyrrole nitrogens is 1. The molecule has 2 aliphatic heterocycles. The Morgan fingerprint density at radius 3 is 2.61 bits per heavy atom. The summed E-state index contributed by atoms with van der Waals surface area (Å²) in [5.41, 5.74) is 3.06. The van der Waals surface area contributed by atoms with Gasteiger partial charge in [-0.15, -0.1) is 0 Å². The largest absolute Gasteiger partial charge is 0.507 e. The SMILES string of the molecule is CC1c2cc(c(O)cc2O[C@@H]2O[C@@H](C)[C@@H](O)[C@@H](O)[C@@H]2O)-c2n[nH]c(=O)n2-c2ccc3c(c2)c1cn3C. The number of phenolic OH excluding ortho intramolecular Hbond substituents is 1. The van der Waals surface area contributed by atoms with E-state index in [1.807, 2.05) is 42.9 Å². The van der Waals surface area contributed by atoms with Crippen LogP contribution in [-0.2, 0) is 11.8 Å². The van der Waals surface area contributed by atoms with E-state index in [2.05, 4.69) is 10.2 Å². The molecule has 5 N–H and O–H groups in total. The van der Waals surface area contributed by atoms with Crippen LogP contribution >= 0.6 is 0 Å². The van der Waals surface area contributed by atoms with E-state index >= 15 is 0 Å². The number of phenols is 1. The molecule has 2 aromatic heterocycles. The van der Waals surface area contributed by atoms with Gasteiger partial charge in [-0.1, -0.05) is 6.92 Å². The lowest BCUT2D eigenvalue weighted by Crippen LogP contribution is -2.58. The smallest absolute Gasteiger partial charge is 0.348 e. The molecule has 6 atom stereocenters. The minimum Gasteiger partial charge on any atom is -0.507 e. The molecule has 4 heterocycles. The molecule has 36 heavy (non-hydrogen) atoms. The number of aromatic hydroxyl groups is 1. The van der Waals surface area contributed by atoms with E-state index in [0.29, 0.717) is 16.8 Å². The Morgan fingerprint density at radius 2 is 1.83 bits per heavy atom. The molecule has 4 bridgehead atoms. The highest BCUT2D eigenvalue weighted by Gasteiger charge is 2.43. The zero-order chi connectivity index (χ0) is 25.5. The second kappa shape index (κ2) is 7.93. The zero-order valence-corrected chi connectivity index (χ0v) is 19.8. The molecule has 1 saturated heterocycles. The number of aryl methyl sites for hydroxylation is 1. The molecule has 1 unspecified atom stereocenters. The Kier molecular flexibility index (Phi) is 5.02. The number of nitrogens with zero attached hydrogens (tertiary/aromatic N) is 3. The van der Waals surface area contributed by atoms with Gasteiger partial charge < -0.3 is 34.5 Å². The van der Waals surface area contributed by atoms with Gasteiger partial charge in [-0.2, -0.15) is 5.10 Å². The quantitative estimate of drug-likeness (QED) is 0.277. The Bertz CT molecular complexity index is 1550. The molecule has 1 fully saturated rings. The first kappa shape index (κ1) is 22.8. The highest BCUT2D eigenvalue weighted by molar-refractivity contribution is 5.88. The van der Waals surface area contributed by atoms with Gasteiger partial charge in [0.2, 0.25) is 6.29 Å². The van der Waals surface area contributed by atoms with Gasteiger partial charge in [-0.25, -0.2) is 14.5 Å². The number of aromatic nitrogens is 4. The predicted octanol–water partition coefficient (Wildman–Crippen LogP) is 1.10. The summed E-state index contributed by atoms with van der Waals surface area (Å²) in [6, 6.07) is 8.77. The van der Waals surface area contributed by atoms with E-state index in [1.165, 1.54) is 10.6 Å². The average molecular weight is 495 g/mol. The third-order valence-corrected chi connectivity index (χ3v) is 7.29. The number of aliphatic hydroxyl groups is 3. The second-order valence-corrected chi connectivity index (χ2v) is 9.51. The molecule has 11 heteroatoms. The second-order valence-electron chi connectivity index (χ2n) is 9.51. The lowest BCUT2D eigenvalue weighted by Gasteiger charge is -2.39. The Hall–Kier alpha value is -3.64. The van der Waals surface area contributed by atoms with Crippen molar-refractivity contribution in [1.82, 2.24) is 19.3 Å².